The Labute approximate surface area is 241 Å². The monoisotopic (exact) mass is 600 g/mol. The number of para-hydroxylation sites is 1. The van der Waals surface area contributed by atoms with Crippen LogP contribution < -0.4 is 16.0 Å². The summed E-state index contributed by atoms with van der Waals surface area (Å²) in [4.78, 5) is 23.6. The molecule has 0 bridgehead atoms. The van der Waals surface area contributed by atoms with Gasteiger partial charge in [-0.1, -0.05) is 23.7 Å². The van der Waals surface area contributed by atoms with E-state index in [1.165, 1.54) is 6.20 Å². The van der Waals surface area contributed by atoms with Crippen molar-refractivity contribution < 1.29 is 13.2 Å². The van der Waals surface area contributed by atoms with Crippen LogP contribution in [0.15, 0.2) is 53.6 Å². The number of thioether (sulfide) groups is 1. The molecule has 1 aliphatic heterocycles. The molecule has 0 aliphatic carbocycles. The molecule has 0 radical (unpaired) electrons. The Morgan fingerprint density at radius 3 is 2.67 bits per heavy atom. The van der Waals surface area contributed by atoms with E-state index in [0.29, 0.717) is 23.7 Å². The molecule has 0 unspecified atom stereocenters. The van der Waals surface area contributed by atoms with Gasteiger partial charge in [-0.05, 0) is 44.2 Å². The van der Waals surface area contributed by atoms with E-state index in [2.05, 4.69) is 41.0 Å². The summed E-state index contributed by atoms with van der Waals surface area (Å²) < 4.78 is 25.7. The molecule has 2 aromatic carbocycles. The van der Waals surface area contributed by atoms with Crippen LogP contribution in [-0.4, -0.2) is 75.8 Å². The van der Waals surface area contributed by atoms with Crippen LogP contribution in [0.1, 0.15) is 13.8 Å². The molecule has 0 saturated carbocycles. The molecule has 1 aliphatic rings. The minimum absolute atomic E-state index is 0.0973. The van der Waals surface area contributed by atoms with E-state index < -0.39 is 15.1 Å². The Hall–Kier alpha value is -3.39. The Balaban J connectivity index is 1.31. The van der Waals surface area contributed by atoms with Crippen molar-refractivity contribution >= 4 is 79.0 Å². The summed E-state index contributed by atoms with van der Waals surface area (Å²) in [6.45, 7) is 5.42. The van der Waals surface area contributed by atoms with Crippen LogP contribution in [0.3, 0.4) is 0 Å². The van der Waals surface area contributed by atoms with Crippen molar-refractivity contribution in [1.82, 2.24) is 25.1 Å². The van der Waals surface area contributed by atoms with E-state index in [1.807, 2.05) is 30.0 Å². The zero-order valence-electron chi connectivity index (χ0n) is 21.9. The molecule has 1 amide bonds. The number of aromatic nitrogens is 4. The van der Waals surface area contributed by atoms with Crippen molar-refractivity contribution in [3.8, 4) is 0 Å². The van der Waals surface area contributed by atoms with Gasteiger partial charge in [0.2, 0.25) is 11.9 Å². The third kappa shape index (κ3) is 6.33. The standard InChI is InChI=1S/C26H29ClN8O3S2/c1-16(2)40(37,38)22-6-4-3-5-20(22)30-25-19(27)14-28-26(32-25)29-17-7-8-18-21(13-17)33-34-24(18)31-23(36)15-35-9-11-39-12-10-35/h3-8,13-14,16H,9-12,15H2,1-2H3,(H2,28,29,30,32)(H2,31,33,34,36). The fourth-order valence-electron chi connectivity index (χ4n) is 4.17. The van der Waals surface area contributed by atoms with Gasteiger partial charge < -0.3 is 16.0 Å². The maximum Gasteiger partial charge on any atom is 0.239 e. The van der Waals surface area contributed by atoms with Gasteiger partial charge in [0.25, 0.3) is 0 Å². The Kier molecular flexibility index (Phi) is 8.45. The van der Waals surface area contributed by atoms with Crippen molar-refractivity contribution in [2.24, 2.45) is 0 Å². The molecule has 3 heterocycles. The molecule has 0 spiro atoms. The van der Waals surface area contributed by atoms with Crippen LogP contribution in [-0.2, 0) is 14.6 Å². The molecule has 210 valence electrons. The number of aromatic amines is 1. The Morgan fingerprint density at radius 1 is 1.12 bits per heavy atom. The summed E-state index contributed by atoms with van der Waals surface area (Å²) >= 11 is 8.25. The number of hydrogen-bond acceptors (Lipinski definition) is 10. The molecule has 1 fully saturated rings. The maximum absolute atomic E-state index is 12.8. The highest BCUT2D eigenvalue weighted by Crippen LogP contribution is 2.31. The first-order chi connectivity index (χ1) is 19.2. The van der Waals surface area contributed by atoms with Crippen LogP contribution in [0.2, 0.25) is 5.02 Å². The fraction of sp³-hybridized carbons (Fsp3) is 0.308. The second-order valence-corrected chi connectivity index (χ2v) is 13.6. The van der Waals surface area contributed by atoms with Gasteiger partial charge in [-0.15, -0.1) is 0 Å². The number of carbonyl (C=O) groups excluding carboxylic acids is 1. The SMILES string of the molecule is CC(C)S(=O)(=O)c1ccccc1Nc1nc(Nc2ccc3c(NC(=O)CN4CCSCC4)n[nH]c3c2)ncc1Cl. The zero-order valence-corrected chi connectivity index (χ0v) is 24.3. The topological polar surface area (TPSA) is 145 Å². The number of hydrogen-bond donors (Lipinski definition) is 4. The third-order valence-electron chi connectivity index (χ3n) is 6.36. The van der Waals surface area contributed by atoms with Gasteiger partial charge in [0.1, 0.15) is 5.02 Å². The van der Waals surface area contributed by atoms with Crippen LogP contribution in [0.4, 0.5) is 29.0 Å². The molecule has 1 saturated heterocycles. The van der Waals surface area contributed by atoms with Gasteiger partial charge in [0, 0.05) is 35.7 Å². The molecule has 4 N–H and O–H groups in total. The second kappa shape index (κ2) is 12.0. The van der Waals surface area contributed by atoms with E-state index in [9.17, 15) is 13.2 Å². The summed E-state index contributed by atoms with van der Waals surface area (Å²) in [5.74, 6) is 2.96. The molecule has 14 heteroatoms. The van der Waals surface area contributed by atoms with E-state index in [-0.39, 0.29) is 27.6 Å². The number of halogens is 1. The second-order valence-electron chi connectivity index (χ2n) is 9.50. The summed E-state index contributed by atoms with van der Waals surface area (Å²) in [6.07, 6.45) is 1.43. The number of sulfone groups is 1. The van der Waals surface area contributed by atoms with Crippen LogP contribution in [0.5, 0.6) is 0 Å². The number of benzene rings is 2. The van der Waals surface area contributed by atoms with Crippen molar-refractivity contribution in [1.29, 1.82) is 0 Å². The lowest BCUT2D eigenvalue weighted by atomic mass is 10.2. The largest absolute Gasteiger partial charge is 0.338 e. The van der Waals surface area contributed by atoms with E-state index in [4.69, 9.17) is 11.6 Å². The normalized spacial score (nSPS) is 14.4. The molecule has 40 heavy (non-hydrogen) atoms. The van der Waals surface area contributed by atoms with E-state index >= 15 is 0 Å². The van der Waals surface area contributed by atoms with Gasteiger partial charge in [-0.2, -0.15) is 21.8 Å². The highest BCUT2D eigenvalue weighted by Gasteiger charge is 2.23. The number of nitrogens with zero attached hydrogens (tertiary/aromatic N) is 4. The molecule has 5 rings (SSSR count). The molecule has 0 atom stereocenters. The number of carbonyl (C=O) groups is 1. The number of fused-ring (bicyclic) bond motifs is 1. The molecule has 2 aromatic heterocycles. The smallest absolute Gasteiger partial charge is 0.239 e. The van der Waals surface area contributed by atoms with Crippen molar-refractivity contribution in [2.75, 3.05) is 47.1 Å². The number of anilines is 5. The van der Waals surface area contributed by atoms with Gasteiger partial charge in [-0.3, -0.25) is 14.8 Å². The predicted octanol–water partition coefficient (Wildman–Crippen LogP) is 4.66. The quantitative estimate of drug-likeness (QED) is 0.214. The minimum Gasteiger partial charge on any atom is -0.338 e. The Bertz CT molecular complexity index is 1640. The number of rotatable bonds is 9. The number of amides is 1. The van der Waals surface area contributed by atoms with Crippen LogP contribution >= 0.6 is 23.4 Å². The lowest BCUT2D eigenvalue weighted by Crippen LogP contribution is -2.38. The minimum atomic E-state index is -3.54. The summed E-state index contributed by atoms with van der Waals surface area (Å²) in [7, 11) is -3.54. The summed E-state index contributed by atoms with van der Waals surface area (Å²) in [5, 5.41) is 16.7. The maximum atomic E-state index is 12.8. The van der Waals surface area contributed by atoms with Gasteiger partial charge >= 0.3 is 0 Å². The number of nitrogens with one attached hydrogen (secondary N) is 4. The lowest BCUT2D eigenvalue weighted by molar-refractivity contribution is -0.117. The van der Waals surface area contributed by atoms with Gasteiger partial charge in [0.15, 0.2) is 21.5 Å². The first-order valence-corrected chi connectivity index (χ1v) is 15.8. The Morgan fingerprint density at radius 2 is 1.90 bits per heavy atom. The number of H-pyrrole nitrogens is 1. The average Bonchev–Trinajstić information content (AvgIpc) is 3.32. The molecular formula is C26H29ClN8O3S2. The van der Waals surface area contributed by atoms with Crippen molar-refractivity contribution in [3.05, 3.63) is 53.7 Å². The highest BCUT2D eigenvalue weighted by molar-refractivity contribution is 7.99. The van der Waals surface area contributed by atoms with E-state index in [0.717, 1.165) is 35.5 Å². The first-order valence-electron chi connectivity index (χ1n) is 12.7. The zero-order chi connectivity index (χ0) is 28.3. The highest BCUT2D eigenvalue weighted by atomic mass is 35.5. The van der Waals surface area contributed by atoms with Gasteiger partial charge in [0.05, 0.1) is 34.1 Å². The van der Waals surface area contributed by atoms with E-state index in [1.54, 1.807) is 38.1 Å². The molecule has 11 nitrogen and oxygen atoms in total. The summed E-state index contributed by atoms with van der Waals surface area (Å²) in [6, 6.07) is 12.1. The molecular weight excluding hydrogens is 572 g/mol. The van der Waals surface area contributed by atoms with Crippen LogP contribution in [0.25, 0.3) is 10.9 Å². The van der Waals surface area contributed by atoms with Crippen LogP contribution in [0, 0.1) is 0 Å². The summed E-state index contributed by atoms with van der Waals surface area (Å²) in [5.41, 5.74) is 1.76. The average molecular weight is 601 g/mol. The third-order valence-corrected chi connectivity index (χ3v) is 9.79. The predicted molar refractivity (Wildman–Crippen MR) is 161 cm³/mol. The van der Waals surface area contributed by atoms with Crippen molar-refractivity contribution in [2.45, 2.75) is 24.0 Å². The van der Waals surface area contributed by atoms with Gasteiger partial charge in [-0.25, -0.2) is 13.4 Å². The molecule has 4 aromatic rings. The fourth-order valence-corrected chi connectivity index (χ4v) is 6.49. The lowest BCUT2D eigenvalue weighted by Gasteiger charge is -2.25. The van der Waals surface area contributed by atoms with Crippen molar-refractivity contribution in [3.63, 3.8) is 0 Å². The first kappa shape index (κ1) is 28.1.